The molecular weight excluding hydrogens is 384 g/mol. The van der Waals surface area contributed by atoms with Crippen molar-refractivity contribution in [2.75, 3.05) is 6.61 Å². The van der Waals surface area contributed by atoms with Crippen LogP contribution in [0, 0.1) is 0 Å². The lowest BCUT2D eigenvalue weighted by atomic mass is 9.97. The molecule has 0 aliphatic carbocycles. The van der Waals surface area contributed by atoms with Crippen molar-refractivity contribution in [1.82, 2.24) is 0 Å². The summed E-state index contributed by atoms with van der Waals surface area (Å²) in [5, 5.41) is 0. The van der Waals surface area contributed by atoms with E-state index in [1.165, 1.54) is 50.5 Å². The summed E-state index contributed by atoms with van der Waals surface area (Å²) in [6, 6.07) is 15.1. The Morgan fingerprint density at radius 2 is 1.32 bits per heavy atom. The quantitative estimate of drug-likeness (QED) is 0.164. The summed E-state index contributed by atoms with van der Waals surface area (Å²) in [6.07, 6.45) is 12.6. The number of hydrogen-bond donors (Lipinski definition) is 0. The summed E-state index contributed by atoms with van der Waals surface area (Å²) in [5.41, 5.74) is 1.81. The molecule has 0 saturated carbocycles. The summed E-state index contributed by atoms with van der Waals surface area (Å²) in [5.74, 6) is 1.55. The molecule has 2 aromatic rings. The van der Waals surface area contributed by atoms with Gasteiger partial charge in [-0.05, 0) is 60.7 Å². The molecule has 0 fully saturated rings. The highest BCUT2D eigenvalue weighted by molar-refractivity contribution is 5.91. The van der Waals surface area contributed by atoms with E-state index in [-0.39, 0.29) is 5.97 Å². The van der Waals surface area contributed by atoms with Gasteiger partial charge in [0, 0.05) is 0 Å². The van der Waals surface area contributed by atoms with Gasteiger partial charge in [0.15, 0.2) is 0 Å². The first-order chi connectivity index (χ1) is 15.1. The molecule has 0 bridgehead atoms. The van der Waals surface area contributed by atoms with E-state index in [0.29, 0.717) is 17.2 Å². The van der Waals surface area contributed by atoms with Crippen LogP contribution in [-0.2, 0) is 0 Å². The zero-order chi connectivity index (χ0) is 22.3. The average Bonchev–Trinajstić information content (AvgIpc) is 2.79. The minimum atomic E-state index is -0.344. The minimum Gasteiger partial charge on any atom is -0.494 e. The Morgan fingerprint density at radius 3 is 1.94 bits per heavy atom. The smallest absolute Gasteiger partial charge is 0.343 e. The summed E-state index contributed by atoms with van der Waals surface area (Å²) in [7, 11) is 0. The molecule has 0 amide bonds. The van der Waals surface area contributed by atoms with E-state index in [0.717, 1.165) is 31.6 Å². The number of unbranched alkanes of at least 4 members (excludes halogenated alkanes) is 7. The Kier molecular flexibility index (Phi) is 11.8. The lowest BCUT2D eigenvalue weighted by molar-refractivity contribution is 0.0734. The Morgan fingerprint density at radius 1 is 0.742 bits per heavy atom. The van der Waals surface area contributed by atoms with Gasteiger partial charge in [0.2, 0.25) is 0 Å². The Balaban J connectivity index is 1.69. The molecule has 0 unspecified atom stereocenters. The second-order valence-electron chi connectivity index (χ2n) is 8.50. The van der Waals surface area contributed by atoms with Gasteiger partial charge in [0.1, 0.15) is 11.5 Å². The fraction of sp³-hybridized carbons (Fsp3) is 0.536. The van der Waals surface area contributed by atoms with Crippen LogP contribution >= 0.6 is 0 Å². The lowest BCUT2D eigenvalue weighted by Gasteiger charge is -2.11. The van der Waals surface area contributed by atoms with E-state index in [4.69, 9.17) is 9.47 Å². The van der Waals surface area contributed by atoms with Gasteiger partial charge in [0.05, 0.1) is 12.2 Å². The SMILES string of the molecule is CCCCCCCCCCOc1ccc(C(=O)Oc2ccc([C@@H](C)CCC)cc2)cc1. The number of carbonyl (C=O) groups excluding carboxylic acids is 1. The fourth-order valence-electron chi connectivity index (χ4n) is 3.74. The number of ether oxygens (including phenoxy) is 2. The first kappa shape index (κ1) is 25.0. The maximum absolute atomic E-state index is 12.4. The highest BCUT2D eigenvalue weighted by Gasteiger charge is 2.10. The second-order valence-corrected chi connectivity index (χ2v) is 8.50. The molecule has 2 rings (SSSR count). The van der Waals surface area contributed by atoms with Crippen LogP contribution in [-0.4, -0.2) is 12.6 Å². The Bertz CT molecular complexity index is 734. The van der Waals surface area contributed by atoms with E-state index in [1.807, 2.05) is 36.4 Å². The standard InChI is InChI=1S/C28H40O3/c1-4-6-7-8-9-10-11-12-22-30-26-18-16-25(17-19-26)28(29)31-27-20-14-24(15-21-27)23(3)13-5-2/h14-21,23H,4-13,22H2,1-3H3/t23-/m0/s1. The zero-order valence-corrected chi connectivity index (χ0v) is 19.7. The van der Waals surface area contributed by atoms with E-state index in [9.17, 15) is 4.79 Å². The molecule has 3 heteroatoms. The third-order valence-electron chi connectivity index (χ3n) is 5.74. The molecule has 0 saturated heterocycles. The van der Waals surface area contributed by atoms with Crippen LogP contribution in [0.25, 0.3) is 0 Å². The van der Waals surface area contributed by atoms with Gasteiger partial charge in [-0.1, -0.05) is 84.3 Å². The highest BCUT2D eigenvalue weighted by atomic mass is 16.5. The molecule has 1 atom stereocenters. The molecule has 3 nitrogen and oxygen atoms in total. The molecule has 0 aliphatic rings. The normalized spacial score (nSPS) is 11.8. The van der Waals surface area contributed by atoms with Crippen molar-refractivity contribution >= 4 is 5.97 Å². The van der Waals surface area contributed by atoms with Crippen molar-refractivity contribution in [3.05, 3.63) is 59.7 Å². The molecule has 0 aromatic heterocycles. The van der Waals surface area contributed by atoms with Gasteiger partial charge in [-0.25, -0.2) is 4.79 Å². The van der Waals surface area contributed by atoms with Crippen LogP contribution < -0.4 is 9.47 Å². The molecule has 2 aromatic carbocycles. The summed E-state index contributed by atoms with van der Waals surface area (Å²) in [4.78, 5) is 12.4. The van der Waals surface area contributed by atoms with E-state index in [1.54, 1.807) is 12.1 Å². The van der Waals surface area contributed by atoms with Crippen molar-refractivity contribution in [3.8, 4) is 11.5 Å². The third-order valence-corrected chi connectivity index (χ3v) is 5.74. The average molecular weight is 425 g/mol. The number of hydrogen-bond acceptors (Lipinski definition) is 3. The van der Waals surface area contributed by atoms with Crippen LogP contribution in [0.1, 0.15) is 107 Å². The van der Waals surface area contributed by atoms with Crippen LogP contribution in [0.5, 0.6) is 11.5 Å². The Hall–Kier alpha value is -2.29. The molecule has 0 aliphatic heterocycles. The fourth-order valence-corrected chi connectivity index (χ4v) is 3.74. The third kappa shape index (κ3) is 9.59. The topological polar surface area (TPSA) is 35.5 Å². The summed E-state index contributed by atoms with van der Waals surface area (Å²) >= 11 is 0. The molecule has 0 N–H and O–H groups in total. The maximum Gasteiger partial charge on any atom is 0.343 e. The van der Waals surface area contributed by atoms with Gasteiger partial charge in [-0.15, -0.1) is 0 Å². The van der Waals surface area contributed by atoms with Gasteiger partial charge in [-0.2, -0.15) is 0 Å². The van der Waals surface area contributed by atoms with Crippen molar-refractivity contribution in [2.24, 2.45) is 0 Å². The Labute approximate surface area is 189 Å². The highest BCUT2D eigenvalue weighted by Crippen LogP contribution is 2.23. The predicted molar refractivity (Wildman–Crippen MR) is 129 cm³/mol. The summed E-state index contributed by atoms with van der Waals surface area (Å²) in [6.45, 7) is 7.39. The zero-order valence-electron chi connectivity index (χ0n) is 19.7. The van der Waals surface area contributed by atoms with Crippen molar-refractivity contribution in [2.45, 2.75) is 90.9 Å². The second kappa shape index (κ2) is 14.7. The number of esters is 1. The molecule has 0 heterocycles. The first-order valence-corrected chi connectivity index (χ1v) is 12.2. The number of rotatable bonds is 15. The van der Waals surface area contributed by atoms with Crippen molar-refractivity contribution in [1.29, 1.82) is 0 Å². The monoisotopic (exact) mass is 424 g/mol. The van der Waals surface area contributed by atoms with Crippen molar-refractivity contribution < 1.29 is 14.3 Å². The van der Waals surface area contributed by atoms with E-state index >= 15 is 0 Å². The number of benzene rings is 2. The largest absolute Gasteiger partial charge is 0.494 e. The molecule has 0 spiro atoms. The van der Waals surface area contributed by atoms with Gasteiger partial charge >= 0.3 is 5.97 Å². The van der Waals surface area contributed by atoms with Crippen LogP contribution in [0.3, 0.4) is 0 Å². The van der Waals surface area contributed by atoms with Crippen LogP contribution in [0.2, 0.25) is 0 Å². The van der Waals surface area contributed by atoms with Gasteiger partial charge in [-0.3, -0.25) is 0 Å². The molecule has 0 radical (unpaired) electrons. The van der Waals surface area contributed by atoms with Crippen LogP contribution in [0.4, 0.5) is 0 Å². The molecular formula is C28H40O3. The predicted octanol–water partition coefficient (Wildman–Crippen LogP) is 8.33. The molecule has 170 valence electrons. The first-order valence-electron chi connectivity index (χ1n) is 12.2. The minimum absolute atomic E-state index is 0.344. The van der Waals surface area contributed by atoms with E-state index < -0.39 is 0 Å². The van der Waals surface area contributed by atoms with Crippen LogP contribution in [0.15, 0.2) is 48.5 Å². The summed E-state index contributed by atoms with van der Waals surface area (Å²) < 4.78 is 11.3. The van der Waals surface area contributed by atoms with Crippen molar-refractivity contribution in [3.63, 3.8) is 0 Å². The lowest BCUT2D eigenvalue weighted by Crippen LogP contribution is -2.08. The maximum atomic E-state index is 12.4. The molecule has 31 heavy (non-hydrogen) atoms. The van der Waals surface area contributed by atoms with Gasteiger partial charge in [0.25, 0.3) is 0 Å². The van der Waals surface area contributed by atoms with E-state index in [2.05, 4.69) is 20.8 Å². The number of carbonyl (C=O) groups is 1. The van der Waals surface area contributed by atoms with Gasteiger partial charge < -0.3 is 9.47 Å².